The summed E-state index contributed by atoms with van der Waals surface area (Å²) in [5.41, 5.74) is 9.17. The Balaban J connectivity index is 1.11. The average Bonchev–Trinajstić information content (AvgIpc) is 3.80. The molecule has 2 aromatic carbocycles. The van der Waals surface area contributed by atoms with E-state index in [0.29, 0.717) is 0 Å². The number of rotatable bonds is 11. The van der Waals surface area contributed by atoms with E-state index in [1.165, 1.54) is 37.3 Å². The van der Waals surface area contributed by atoms with E-state index in [4.69, 9.17) is 5.10 Å². The number of halogens is 1. The zero-order valence-electron chi connectivity index (χ0n) is 25.8. The summed E-state index contributed by atoms with van der Waals surface area (Å²) in [4.78, 5) is 11.1. The lowest BCUT2D eigenvalue weighted by atomic mass is 10.0. The number of likely N-dealkylation sites (N-methyl/N-ethyl adjacent to an activating group) is 1. The van der Waals surface area contributed by atoms with Crippen LogP contribution in [-0.2, 0) is 6.54 Å². The molecule has 2 aliphatic rings. The molecule has 0 radical (unpaired) electrons. The molecule has 0 spiro atoms. The summed E-state index contributed by atoms with van der Waals surface area (Å²) < 4.78 is 14.7. The van der Waals surface area contributed by atoms with E-state index in [-0.39, 0.29) is 12.0 Å². The van der Waals surface area contributed by atoms with Crippen LogP contribution in [0.4, 0.5) is 21.5 Å². The maximum Gasteiger partial charge on any atom is 0.143 e. The highest BCUT2D eigenvalue weighted by molar-refractivity contribution is 5.92. The zero-order chi connectivity index (χ0) is 30.8. The summed E-state index contributed by atoms with van der Waals surface area (Å²) in [6.07, 6.45) is 12.5. The maximum atomic E-state index is 14.7. The Morgan fingerprint density at radius 1 is 0.911 bits per heavy atom. The first-order valence-corrected chi connectivity index (χ1v) is 15.8. The van der Waals surface area contributed by atoms with Crippen LogP contribution in [0.15, 0.2) is 67.3 Å². The van der Waals surface area contributed by atoms with Crippen LogP contribution < -0.4 is 21.3 Å². The van der Waals surface area contributed by atoms with Gasteiger partial charge in [-0.25, -0.2) is 4.39 Å². The zero-order valence-corrected chi connectivity index (χ0v) is 25.8. The third kappa shape index (κ3) is 6.48. The lowest BCUT2D eigenvalue weighted by Gasteiger charge is -2.14. The number of nitrogens with zero attached hydrogens (tertiary/aromatic N) is 4. The molecular weight excluding hydrogens is 565 g/mol. The lowest BCUT2D eigenvalue weighted by molar-refractivity contribution is 0.425. The van der Waals surface area contributed by atoms with Gasteiger partial charge < -0.3 is 26.2 Å². The monoisotopic (exact) mass is 605 g/mol. The topological polar surface area (TPSA) is 106 Å². The van der Waals surface area contributed by atoms with Gasteiger partial charge in [0.2, 0.25) is 0 Å². The molecule has 0 saturated heterocycles. The molecule has 7 rings (SSSR count). The number of aromatic nitrogens is 4. The van der Waals surface area contributed by atoms with Gasteiger partial charge in [-0.3, -0.25) is 15.1 Å². The molecular formula is C35H40FN9. The van der Waals surface area contributed by atoms with E-state index in [1.807, 2.05) is 32.6 Å². The smallest absolute Gasteiger partial charge is 0.143 e. The van der Waals surface area contributed by atoms with Gasteiger partial charge in [0.1, 0.15) is 17.7 Å². The molecule has 1 fully saturated rings. The average molecular weight is 606 g/mol. The summed E-state index contributed by atoms with van der Waals surface area (Å²) in [7, 11) is 4.03. The number of H-pyrrole nitrogens is 1. The predicted molar refractivity (Wildman–Crippen MR) is 180 cm³/mol. The summed E-state index contributed by atoms with van der Waals surface area (Å²) in [5, 5.41) is 23.0. The molecule has 5 N–H and O–H groups in total. The van der Waals surface area contributed by atoms with Gasteiger partial charge in [-0.15, -0.1) is 0 Å². The second kappa shape index (κ2) is 12.8. The molecule has 45 heavy (non-hydrogen) atoms. The highest BCUT2D eigenvalue weighted by Crippen LogP contribution is 2.43. The lowest BCUT2D eigenvalue weighted by Crippen LogP contribution is -2.20. The third-order valence-electron chi connectivity index (χ3n) is 8.86. The first-order valence-electron chi connectivity index (χ1n) is 15.8. The molecule has 9 nitrogen and oxygen atoms in total. The van der Waals surface area contributed by atoms with Crippen molar-refractivity contribution in [3.05, 3.63) is 84.3 Å². The van der Waals surface area contributed by atoms with Crippen LogP contribution in [-0.4, -0.2) is 58.8 Å². The number of aromatic amines is 1. The van der Waals surface area contributed by atoms with E-state index in [9.17, 15) is 4.39 Å². The van der Waals surface area contributed by atoms with E-state index in [0.717, 1.165) is 88.0 Å². The van der Waals surface area contributed by atoms with Crippen LogP contribution in [0.5, 0.6) is 0 Å². The van der Waals surface area contributed by atoms with E-state index in [1.54, 1.807) is 18.5 Å². The number of pyridine rings is 2. The van der Waals surface area contributed by atoms with Gasteiger partial charge in [0.15, 0.2) is 0 Å². The van der Waals surface area contributed by atoms with Crippen molar-refractivity contribution >= 4 is 28.0 Å². The number of nitrogens with one attached hydrogen (secondary N) is 5. The summed E-state index contributed by atoms with van der Waals surface area (Å²) >= 11 is 0. The second-order valence-corrected chi connectivity index (χ2v) is 12.5. The summed E-state index contributed by atoms with van der Waals surface area (Å²) in [5.74, 6) is 0.509. The van der Waals surface area contributed by atoms with Gasteiger partial charge in [-0.1, -0.05) is 18.9 Å². The van der Waals surface area contributed by atoms with Crippen molar-refractivity contribution in [3.8, 4) is 22.3 Å². The predicted octanol–water partition coefficient (Wildman–Crippen LogP) is 6.62. The van der Waals surface area contributed by atoms with Crippen molar-refractivity contribution in [1.82, 2.24) is 30.4 Å². The quantitative estimate of drug-likeness (QED) is 0.115. The fourth-order valence-corrected chi connectivity index (χ4v) is 6.50. The molecule has 0 bridgehead atoms. The van der Waals surface area contributed by atoms with Crippen molar-refractivity contribution in [1.29, 1.82) is 0 Å². The highest BCUT2D eigenvalue weighted by Gasteiger charge is 2.28. The van der Waals surface area contributed by atoms with Gasteiger partial charge in [0.25, 0.3) is 0 Å². The van der Waals surface area contributed by atoms with Crippen LogP contribution in [0.3, 0.4) is 0 Å². The second-order valence-electron chi connectivity index (χ2n) is 12.5. The van der Waals surface area contributed by atoms with Crippen LogP contribution in [0.1, 0.15) is 43.1 Å². The van der Waals surface area contributed by atoms with E-state index < -0.39 is 0 Å². The molecule has 232 valence electrons. The Morgan fingerprint density at radius 3 is 2.64 bits per heavy atom. The molecule has 5 aromatic rings. The highest BCUT2D eigenvalue weighted by atomic mass is 19.1. The van der Waals surface area contributed by atoms with Crippen molar-refractivity contribution < 1.29 is 4.39 Å². The maximum absolute atomic E-state index is 14.7. The number of hydrogen-bond acceptors (Lipinski definition) is 8. The molecule has 1 aliphatic carbocycles. The van der Waals surface area contributed by atoms with Crippen LogP contribution in [0.2, 0.25) is 0 Å². The SMILES string of the molecule is CN(C)CCNc1cc(F)cc(-c2cncc3c2NC(c2n[nH]c4ccc(-c5cncc(CNCC6CCCC6)c5)cc24)N3)c1. The molecule has 1 atom stereocenters. The minimum absolute atomic E-state index is 0.289. The van der Waals surface area contributed by atoms with Gasteiger partial charge in [0.05, 0.1) is 23.1 Å². The Kier molecular flexibility index (Phi) is 8.32. The molecule has 4 heterocycles. The fraction of sp³-hybridized carbons (Fsp3) is 0.343. The third-order valence-corrected chi connectivity index (χ3v) is 8.86. The van der Waals surface area contributed by atoms with E-state index in [2.05, 4.69) is 65.5 Å². The molecule has 3 aromatic heterocycles. The number of hydrogen-bond donors (Lipinski definition) is 5. The molecule has 1 aliphatic heterocycles. The largest absolute Gasteiger partial charge is 0.384 e. The van der Waals surface area contributed by atoms with E-state index >= 15 is 0 Å². The Hall–Kier alpha value is -4.54. The van der Waals surface area contributed by atoms with Gasteiger partial charge in [-0.05, 0) is 92.5 Å². The van der Waals surface area contributed by atoms with Crippen LogP contribution in [0, 0.1) is 11.7 Å². The van der Waals surface area contributed by atoms with Crippen LogP contribution >= 0.6 is 0 Å². The van der Waals surface area contributed by atoms with Crippen molar-refractivity contribution in [2.24, 2.45) is 5.92 Å². The summed E-state index contributed by atoms with van der Waals surface area (Å²) in [6.45, 7) is 3.46. The van der Waals surface area contributed by atoms with Crippen molar-refractivity contribution in [3.63, 3.8) is 0 Å². The molecule has 1 saturated carbocycles. The number of fused-ring (bicyclic) bond motifs is 2. The standard InChI is InChI=1S/C35H40FN9/c1-45(2)10-9-40-28-13-25(12-27(36)15-28)30-20-39-21-32-33(30)42-35(41-32)34-29-14-24(7-8-31(29)43-44-34)26-11-23(18-38-19-26)17-37-16-22-5-3-4-6-22/h7-8,11-15,18-22,35,37,40-42H,3-6,9-10,16-17H2,1-2H3,(H,43,44). The fourth-order valence-electron chi connectivity index (χ4n) is 6.50. The minimum atomic E-state index is -0.297. The van der Waals surface area contributed by atoms with Gasteiger partial charge >= 0.3 is 0 Å². The first-order chi connectivity index (χ1) is 22.0. The minimum Gasteiger partial charge on any atom is -0.384 e. The normalized spacial score (nSPS) is 16.2. The van der Waals surface area contributed by atoms with Crippen molar-refractivity contribution in [2.75, 3.05) is 49.7 Å². The Labute approximate surface area is 263 Å². The number of benzene rings is 2. The molecule has 1 unspecified atom stereocenters. The molecule has 10 heteroatoms. The van der Waals surface area contributed by atoms with Crippen LogP contribution in [0.25, 0.3) is 33.2 Å². The molecule has 0 amide bonds. The Bertz CT molecular complexity index is 1790. The van der Waals surface area contributed by atoms with Crippen molar-refractivity contribution in [2.45, 2.75) is 38.4 Å². The first kappa shape index (κ1) is 29.2. The van der Waals surface area contributed by atoms with Gasteiger partial charge in [0, 0.05) is 60.4 Å². The summed E-state index contributed by atoms with van der Waals surface area (Å²) in [6, 6.07) is 13.6. The van der Waals surface area contributed by atoms with Gasteiger partial charge in [-0.2, -0.15) is 5.10 Å². The Morgan fingerprint density at radius 2 is 1.78 bits per heavy atom. The number of anilines is 3.